The van der Waals surface area contributed by atoms with Gasteiger partial charge in [0, 0.05) is 6.42 Å². The van der Waals surface area contributed by atoms with Gasteiger partial charge >= 0.3 is 51.4 Å². The zero-order chi connectivity index (χ0) is 20.2. The van der Waals surface area contributed by atoms with E-state index in [9.17, 15) is 38.5 Å². The van der Waals surface area contributed by atoms with E-state index in [1.807, 2.05) is 0 Å². The van der Waals surface area contributed by atoms with E-state index in [0.29, 0.717) is 17.3 Å². The fourth-order valence-electron chi connectivity index (χ4n) is 2.27. The van der Waals surface area contributed by atoms with Gasteiger partial charge in [0.2, 0.25) is 0 Å². The number of hydrogen-bond donors (Lipinski definition) is 5. The van der Waals surface area contributed by atoms with Crippen LogP contribution in [0.4, 0.5) is 0 Å². The third-order valence-corrected chi connectivity index (χ3v) is 4.99. The summed E-state index contributed by atoms with van der Waals surface area (Å²) >= 11 is 0.643. The molecule has 1 heterocycles. The molecular weight excluding hydrogens is 445 g/mol. The molecule has 1 aromatic rings. The van der Waals surface area contributed by atoms with Gasteiger partial charge in [-0.1, -0.05) is 29.1 Å². The van der Waals surface area contributed by atoms with E-state index >= 15 is 0 Å². The molecule has 14 heteroatoms. The normalized spacial score (nSPS) is 28.5. The van der Waals surface area contributed by atoms with E-state index in [1.54, 1.807) is 0 Å². The number of ether oxygens (including phenoxy) is 1. The van der Waals surface area contributed by atoms with Crippen LogP contribution in [-0.2, 0) is 25.8 Å². The van der Waals surface area contributed by atoms with Gasteiger partial charge in [0.25, 0.3) is 10.4 Å². The van der Waals surface area contributed by atoms with Crippen molar-refractivity contribution in [3.63, 3.8) is 0 Å². The SMILES string of the molecule is O=S(=O)([O-])O/N=C(\Cc1ccc(O)cc1)S[C@@H]1O[C@H](CO)[C@@H](O)[C@H](O)[C@H]1O.[K+]. The summed E-state index contributed by atoms with van der Waals surface area (Å²) < 4.78 is 41.2. The molecule has 0 amide bonds. The maximum atomic E-state index is 10.7. The van der Waals surface area contributed by atoms with Crippen LogP contribution >= 0.6 is 11.8 Å². The molecule has 2 rings (SSSR count). The van der Waals surface area contributed by atoms with Crippen LogP contribution in [0.25, 0.3) is 0 Å². The molecule has 1 fully saturated rings. The molecule has 0 spiro atoms. The first-order valence-corrected chi connectivity index (χ1v) is 9.78. The maximum Gasteiger partial charge on any atom is 1.00 e. The summed E-state index contributed by atoms with van der Waals surface area (Å²) in [6.45, 7) is -0.641. The van der Waals surface area contributed by atoms with Crippen LogP contribution in [0.2, 0.25) is 0 Å². The third kappa shape index (κ3) is 7.79. The monoisotopic (exact) mass is 463 g/mol. The maximum absolute atomic E-state index is 10.7. The van der Waals surface area contributed by atoms with Crippen molar-refractivity contribution < 1.29 is 98.9 Å². The van der Waals surface area contributed by atoms with Gasteiger partial charge in [-0.25, -0.2) is 0 Å². The Labute approximate surface area is 207 Å². The molecule has 5 atom stereocenters. The number of rotatable bonds is 6. The predicted molar refractivity (Wildman–Crippen MR) is 91.4 cm³/mol. The van der Waals surface area contributed by atoms with Crippen molar-refractivity contribution >= 4 is 27.2 Å². The summed E-state index contributed by atoms with van der Waals surface area (Å²) in [6.07, 6.45) is -6.01. The Bertz CT molecular complexity index is 758. The van der Waals surface area contributed by atoms with Gasteiger partial charge in [-0.2, -0.15) is 8.42 Å². The zero-order valence-corrected chi connectivity index (χ0v) is 19.4. The van der Waals surface area contributed by atoms with Crippen LogP contribution in [-0.4, -0.2) is 80.0 Å². The summed E-state index contributed by atoms with van der Waals surface area (Å²) in [4.78, 5) is 0. The van der Waals surface area contributed by atoms with Gasteiger partial charge in [-0.15, -0.1) is 0 Å². The molecule has 0 radical (unpaired) electrons. The number of aliphatic hydroxyl groups excluding tert-OH is 4. The van der Waals surface area contributed by atoms with E-state index < -0.39 is 46.9 Å². The summed E-state index contributed by atoms with van der Waals surface area (Å²) in [6, 6.07) is 5.75. The average molecular weight is 464 g/mol. The molecule has 1 aromatic carbocycles. The Morgan fingerprint density at radius 1 is 1.18 bits per heavy atom. The summed E-state index contributed by atoms with van der Waals surface area (Å²) in [5, 5.41) is 51.3. The van der Waals surface area contributed by atoms with Gasteiger partial charge in [0.1, 0.15) is 40.6 Å². The van der Waals surface area contributed by atoms with Crippen LogP contribution in [0.5, 0.6) is 5.75 Å². The van der Waals surface area contributed by atoms with Crippen LogP contribution in [0.15, 0.2) is 29.4 Å². The van der Waals surface area contributed by atoms with Crippen molar-refractivity contribution in [2.24, 2.45) is 5.16 Å². The number of aliphatic hydroxyl groups is 4. The first-order valence-electron chi connectivity index (χ1n) is 7.57. The van der Waals surface area contributed by atoms with Crippen LogP contribution in [0.1, 0.15) is 5.56 Å². The second-order valence-corrected chi connectivity index (χ2v) is 7.76. The molecule has 0 aromatic heterocycles. The molecular formula is C14H18KNO10S2. The first kappa shape index (κ1) is 26.2. The second-order valence-electron chi connectivity index (χ2n) is 5.63. The predicted octanol–water partition coefficient (Wildman–Crippen LogP) is -4.74. The number of aromatic hydroxyl groups is 1. The Kier molecular flexibility index (Phi) is 10.8. The molecule has 1 saturated heterocycles. The number of oxime groups is 1. The third-order valence-electron chi connectivity index (χ3n) is 3.62. The van der Waals surface area contributed by atoms with Crippen molar-refractivity contribution in [3.8, 4) is 5.75 Å². The number of thioether (sulfide) groups is 1. The second kappa shape index (κ2) is 11.5. The van der Waals surface area contributed by atoms with Gasteiger partial charge in [0.05, 0.1) is 6.61 Å². The van der Waals surface area contributed by atoms with Gasteiger partial charge in [-0.05, 0) is 17.7 Å². The minimum Gasteiger partial charge on any atom is -0.714 e. The van der Waals surface area contributed by atoms with Gasteiger partial charge in [-0.3, -0.25) is 4.28 Å². The van der Waals surface area contributed by atoms with Gasteiger partial charge in [0.15, 0.2) is 0 Å². The number of nitrogens with zero attached hydrogens (tertiary/aromatic N) is 1. The van der Waals surface area contributed by atoms with Crippen molar-refractivity contribution in [2.45, 2.75) is 36.3 Å². The fraction of sp³-hybridized carbons (Fsp3) is 0.500. The number of hydrogen-bond acceptors (Lipinski definition) is 12. The molecule has 11 nitrogen and oxygen atoms in total. The van der Waals surface area contributed by atoms with E-state index in [4.69, 9.17) is 4.74 Å². The van der Waals surface area contributed by atoms with Crippen LogP contribution in [0.3, 0.4) is 0 Å². The van der Waals surface area contributed by atoms with Crippen LogP contribution in [0, 0.1) is 0 Å². The molecule has 0 bridgehead atoms. The zero-order valence-electron chi connectivity index (χ0n) is 14.7. The van der Waals surface area contributed by atoms with Crippen molar-refractivity contribution in [2.75, 3.05) is 6.61 Å². The van der Waals surface area contributed by atoms with E-state index in [0.717, 1.165) is 0 Å². The molecule has 0 saturated carbocycles. The summed E-state index contributed by atoms with van der Waals surface area (Å²) in [7, 11) is -5.13. The molecule has 1 aliphatic rings. The molecule has 152 valence electrons. The molecule has 1 aliphatic heterocycles. The Morgan fingerprint density at radius 3 is 2.32 bits per heavy atom. The fourth-order valence-corrected chi connectivity index (χ4v) is 3.60. The standard InChI is InChI=1S/C14H19NO10S2.K/c16-6-9-11(18)12(19)13(20)14(24-9)26-10(15-25-27(21,22)23)5-7-1-3-8(17)4-2-7;/h1-4,9,11-14,16-20H,5-6H2,(H,21,22,23);/q;+1/p-1/b15-10+;/t9-,11-,12+,13-,14+;/m1./s1. The van der Waals surface area contributed by atoms with Gasteiger partial charge < -0.3 is 34.8 Å². The van der Waals surface area contributed by atoms with Crippen molar-refractivity contribution in [1.82, 2.24) is 0 Å². The first-order chi connectivity index (χ1) is 12.6. The quantitative estimate of drug-likeness (QED) is 0.0680. The number of benzene rings is 1. The van der Waals surface area contributed by atoms with Crippen molar-refractivity contribution in [1.29, 1.82) is 0 Å². The average Bonchev–Trinajstić information content (AvgIpc) is 2.61. The number of phenolic OH excluding ortho intramolecular Hbond substituents is 1. The summed E-state index contributed by atoms with van der Waals surface area (Å²) in [5.74, 6) is -0.00258. The van der Waals surface area contributed by atoms with E-state index in [2.05, 4.69) is 9.44 Å². The largest absolute Gasteiger partial charge is 1.00 e. The van der Waals surface area contributed by atoms with Crippen molar-refractivity contribution in [3.05, 3.63) is 29.8 Å². The molecule has 28 heavy (non-hydrogen) atoms. The summed E-state index contributed by atoms with van der Waals surface area (Å²) in [5.41, 5.74) is -0.690. The Morgan fingerprint density at radius 2 is 1.79 bits per heavy atom. The van der Waals surface area contributed by atoms with E-state index in [-0.39, 0.29) is 68.6 Å². The number of phenols is 1. The molecule has 0 aliphatic carbocycles. The topological polar surface area (TPSA) is 189 Å². The van der Waals surface area contributed by atoms with E-state index in [1.165, 1.54) is 24.3 Å². The molecule has 5 N–H and O–H groups in total. The molecule has 0 unspecified atom stereocenters. The Hall–Kier alpha value is 0.186. The minimum absolute atomic E-state index is 0. The smallest absolute Gasteiger partial charge is 0.714 e. The minimum atomic E-state index is -5.13. The Balaban J connectivity index is 0.00000392. The van der Waals surface area contributed by atoms with Crippen LogP contribution < -0.4 is 51.4 Å².